The summed E-state index contributed by atoms with van der Waals surface area (Å²) in [7, 11) is 1.95. The van der Waals surface area contributed by atoms with Crippen molar-refractivity contribution in [2.24, 2.45) is 5.92 Å². The monoisotopic (exact) mass is 268 g/mol. The highest BCUT2D eigenvalue weighted by Crippen LogP contribution is 2.32. The predicted molar refractivity (Wildman–Crippen MR) is 71.8 cm³/mol. The first-order valence-corrected chi connectivity index (χ1v) is 7.23. The number of nitrogens with one attached hydrogen (secondary N) is 1. The number of hydrogen-bond acceptors (Lipinski definition) is 3. The Morgan fingerprint density at radius 2 is 1.89 bits per heavy atom. The summed E-state index contributed by atoms with van der Waals surface area (Å²) in [6, 6.07) is 0. The zero-order valence-electron chi connectivity index (χ0n) is 11.7. The van der Waals surface area contributed by atoms with Crippen LogP contribution in [0, 0.1) is 5.92 Å². The van der Waals surface area contributed by atoms with E-state index in [1.54, 1.807) is 4.90 Å². The molecule has 1 saturated carbocycles. The van der Waals surface area contributed by atoms with Crippen LogP contribution < -0.4 is 5.32 Å². The van der Waals surface area contributed by atoms with Gasteiger partial charge in [-0.15, -0.1) is 0 Å². The molecule has 5 heteroatoms. The van der Waals surface area contributed by atoms with Crippen molar-refractivity contribution in [3.63, 3.8) is 0 Å². The van der Waals surface area contributed by atoms with E-state index in [0.717, 1.165) is 12.8 Å². The standard InChI is InChI=1S/C14H24N2O3/c1-15-14(5-3-2-4-6-14)8-12(17)16-9-11(10-16)7-13(18)19/h11,15H,2-10H2,1H3,(H,18,19). The lowest BCUT2D eigenvalue weighted by atomic mass is 9.78. The molecule has 19 heavy (non-hydrogen) atoms. The lowest BCUT2D eigenvalue weighted by molar-refractivity contribution is -0.146. The first kappa shape index (κ1) is 14.3. The SMILES string of the molecule is CNC1(CC(=O)N2CC(CC(=O)O)C2)CCCCC1. The zero-order valence-corrected chi connectivity index (χ0v) is 11.7. The number of carbonyl (C=O) groups is 2. The highest BCUT2D eigenvalue weighted by atomic mass is 16.4. The van der Waals surface area contributed by atoms with Crippen molar-refractivity contribution < 1.29 is 14.7 Å². The van der Waals surface area contributed by atoms with Gasteiger partial charge < -0.3 is 15.3 Å². The Labute approximate surface area is 114 Å². The summed E-state index contributed by atoms with van der Waals surface area (Å²) in [6.07, 6.45) is 6.53. The molecule has 2 rings (SSSR count). The number of likely N-dealkylation sites (tertiary alicyclic amines) is 1. The zero-order chi connectivity index (χ0) is 13.9. The Morgan fingerprint density at radius 1 is 1.26 bits per heavy atom. The molecule has 108 valence electrons. The average Bonchev–Trinajstić information content (AvgIpc) is 2.34. The third kappa shape index (κ3) is 3.47. The highest BCUT2D eigenvalue weighted by molar-refractivity contribution is 5.78. The number of carboxylic acid groups (broad SMARTS) is 1. The van der Waals surface area contributed by atoms with Crippen LogP contribution in [0.3, 0.4) is 0 Å². The molecule has 0 bridgehead atoms. The van der Waals surface area contributed by atoms with Gasteiger partial charge in [0.15, 0.2) is 0 Å². The molecule has 1 aliphatic heterocycles. The van der Waals surface area contributed by atoms with Crippen LogP contribution in [0.2, 0.25) is 0 Å². The number of aliphatic carboxylic acids is 1. The number of carbonyl (C=O) groups excluding carboxylic acids is 1. The summed E-state index contributed by atoms with van der Waals surface area (Å²) in [5.74, 6) is -0.438. The number of nitrogens with zero attached hydrogens (tertiary/aromatic N) is 1. The van der Waals surface area contributed by atoms with E-state index in [1.807, 2.05) is 7.05 Å². The Balaban J connectivity index is 1.80. The summed E-state index contributed by atoms with van der Waals surface area (Å²) in [6.45, 7) is 1.23. The second-order valence-corrected chi connectivity index (χ2v) is 6.03. The number of rotatable bonds is 5. The maximum Gasteiger partial charge on any atom is 0.303 e. The van der Waals surface area contributed by atoms with Crippen LogP contribution in [0.4, 0.5) is 0 Å². The summed E-state index contributed by atoms with van der Waals surface area (Å²) >= 11 is 0. The highest BCUT2D eigenvalue weighted by Gasteiger charge is 2.38. The summed E-state index contributed by atoms with van der Waals surface area (Å²) in [5, 5.41) is 12.1. The molecule has 0 unspecified atom stereocenters. The van der Waals surface area contributed by atoms with Gasteiger partial charge in [-0.05, 0) is 19.9 Å². The van der Waals surface area contributed by atoms with Gasteiger partial charge in [-0.3, -0.25) is 9.59 Å². The molecule has 0 spiro atoms. The topological polar surface area (TPSA) is 69.6 Å². The maximum absolute atomic E-state index is 12.2. The summed E-state index contributed by atoms with van der Waals surface area (Å²) < 4.78 is 0. The van der Waals surface area contributed by atoms with Gasteiger partial charge in [0.1, 0.15) is 0 Å². The van der Waals surface area contributed by atoms with Crippen molar-refractivity contribution in [3.05, 3.63) is 0 Å². The first-order valence-electron chi connectivity index (χ1n) is 7.23. The van der Waals surface area contributed by atoms with Crippen LogP contribution in [0.1, 0.15) is 44.9 Å². The van der Waals surface area contributed by atoms with E-state index in [-0.39, 0.29) is 23.8 Å². The fourth-order valence-electron chi connectivity index (χ4n) is 3.29. The molecule has 1 aliphatic carbocycles. The van der Waals surface area contributed by atoms with Gasteiger partial charge in [0.05, 0.1) is 6.42 Å². The lowest BCUT2D eigenvalue weighted by Gasteiger charge is -2.43. The molecule has 1 amide bonds. The largest absolute Gasteiger partial charge is 0.481 e. The maximum atomic E-state index is 12.2. The van der Waals surface area contributed by atoms with Crippen molar-refractivity contribution in [3.8, 4) is 0 Å². The normalized spacial score (nSPS) is 22.9. The second kappa shape index (κ2) is 5.90. The van der Waals surface area contributed by atoms with E-state index in [0.29, 0.717) is 19.5 Å². The van der Waals surface area contributed by atoms with Crippen LogP contribution in [-0.4, -0.2) is 47.6 Å². The van der Waals surface area contributed by atoms with Gasteiger partial charge in [0.2, 0.25) is 5.91 Å². The van der Waals surface area contributed by atoms with Crippen LogP contribution in [0.15, 0.2) is 0 Å². The van der Waals surface area contributed by atoms with Crippen molar-refractivity contribution in [1.82, 2.24) is 10.2 Å². The third-order valence-electron chi connectivity index (χ3n) is 4.60. The molecule has 0 radical (unpaired) electrons. The van der Waals surface area contributed by atoms with Crippen LogP contribution in [0.5, 0.6) is 0 Å². The fourth-order valence-corrected chi connectivity index (χ4v) is 3.29. The summed E-state index contributed by atoms with van der Waals surface area (Å²) in [4.78, 5) is 24.6. The molecular weight excluding hydrogens is 244 g/mol. The molecule has 1 heterocycles. The van der Waals surface area contributed by atoms with Crippen molar-refractivity contribution in [2.75, 3.05) is 20.1 Å². The van der Waals surface area contributed by atoms with Crippen LogP contribution >= 0.6 is 0 Å². The Morgan fingerprint density at radius 3 is 2.42 bits per heavy atom. The predicted octanol–water partition coefficient (Wildman–Crippen LogP) is 1.23. The molecule has 0 aromatic carbocycles. The number of hydrogen-bond donors (Lipinski definition) is 2. The average molecular weight is 268 g/mol. The van der Waals surface area contributed by atoms with E-state index < -0.39 is 5.97 Å². The Kier molecular flexibility index (Phi) is 4.45. The molecule has 0 atom stereocenters. The first-order chi connectivity index (χ1) is 9.04. The van der Waals surface area contributed by atoms with E-state index in [1.165, 1.54) is 19.3 Å². The van der Waals surface area contributed by atoms with Gasteiger partial charge in [-0.1, -0.05) is 19.3 Å². The van der Waals surface area contributed by atoms with Gasteiger partial charge in [0.25, 0.3) is 0 Å². The van der Waals surface area contributed by atoms with Crippen molar-refractivity contribution in [1.29, 1.82) is 0 Å². The molecule has 2 fully saturated rings. The molecule has 2 N–H and O–H groups in total. The molecule has 0 aromatic rings. The lowest BCUT2D eigenvalue weighted by Crippen LogP contribution is -2.55. The van der Waals surface area contributed by atoms with Gasteiger partial charge in [-0.2, -0.15) is 0 Å². The van der Waals surface area contributed by atoms with E-state index in [9.17, 15) is 9.59 Å². The van der Waals surface area contributed by atoms with E-state index >= 15 is 0 Å². The molecule has 0 aromatic heterocycles. The minimum Gasteiger partial charge on any atom is -0.481 e. The molecule has 2 aliphatic rings. The molecule has 1 saturated heterocycles. The third-order valence-corrected chi connectivity index (χ3v) is 4.60. The molecule has 5 nitrogen and oxygen atoms in total. The second-order valence-electron chi connectivity index (χ2n) is 6.03. The fraction of sp³-hybridized carbons (Fsp3) is 0.857. The van der Waals surface area contributed by atoms with E-state index in [2.05, 4.69) is 5.32 Å². The van der Waals surface area contributed by atoms with Gasteiger partial charge in [0, 0.05) is 31.0 Å². The Bertz CT molecular complexity index is 345. The summed E-state index contributed by atoms with van der Waals surface area (Å²) in [5.41, 5.74) is -0.0206. The quantitative estimate of drug-likeness (QED) is 0.787. The minimum absolute atomic E-state index is 0.0206. The number of amides is 1. The molecular formula is C14H24N2O3. The van der Waals surface area contributed by atoms with Crippen molar-refractivity contribution in [2.45, 2.75) is 50.5 Å². The number of carboxylic acids is 1. The van der Waals surface area contributed by atoms with Gasteiger partial charge in [-0.25, -0.2) is 0 Å². The van der Waals surface area contributed by atoms with Crippen LogP contribution in [0.25, 0.3) is 0 Å². The Hall–Kier alpha value is -1.10. The minimum atomic E-state index is -0.768. The smallest absolute Gasteiger partial charge is 0.303 e. The van der Waals surface area contributed by atoms with E-state index in [4.69, 9.17) is 5.11 Å². The van der Waals surface area contributed by atoms with Gasteiger partial charge >= 0.3 is 5.97 Å². The van der Waals surface area contributed by atoms with Crippen LogP contribution in [-0.2, 0) is 9.59 Å². The van der Waals surface area contributed by atoms with Crippen molar-refractivity contribution >= 4 is 11.9 Å².